The summed E-state index contributed by atoms with van der Waals surface area (Å²) >= 11 is 0. The quantitative estimate of drug-likeness (QED) is 0.0262. The minimum absolute atomic E-state index is 0.0652. The number of allylic oxidation sites excluding steroid dienone is 4. The van der Waals surface area contributed by atoms with Gasteiger partial charge in [-0.2, -0.15) is 0 Å². The van der Waals surface area contributed by atoms with Crippen LogP contribution in [0.15, 0.2) is 24.3 Å². The van der Waals surface area contributed by atoms with Crippen LogP contribution in [0.2, 0.25) is 0 Å². The summed E-state index contributed by atoms with van der Waals surface area (Å²) in [5.41, 5.74) is 0. The van der Waals surface area contributed by atoms with Crippen LogP contribution < -0.4 is 0 Å². The third-order valence-electron chi connectivity index (χ3n) is 13.7. The van der Waals surface area contributed by atoms with E-state index in [1.54, 1.807) is 0 Å². The molecule has 6 nitrogen and oxygen atoms in total. The lowest BCUT2D eigenvalue weighted by Crippen LogP contribution is -2.30. The molecule has 0 amide bonds. The van der Waals surface area contributed by atoms with E-state index < -0.39 is 6.10 Å². The molecule has 400 valence electrons. The number of carbonyl (C=O) groups is 3. The zero-order valence-electron chi connectivity index (χ0n) is 45.9. The Morgan fingerprint density at radius 3 is 0.809 bits per heavy atom. The molecule has 0 aromatic carbocycles. The third kappa shape index (κ3) is 54.8. The van der Waals surface area contributed by atoms with Gasteiger partial charge in [0.2, 0.25) is 0 Å². The second-order valence-corrected chi connectivity index (χ2v) is 20.6. The van der Waals surface area contributed by atoms with Crippen molar-refractivity contribution >= 4 is 17.9 Å². The summed E-state index contributed by atoms with van der Waals surface area (Å²) in [5.74, 6) is -0.844. The molecule has 0 saturated carbocycles. The first-order valence-corrected chi connectivity index (χ1v) is 30.3. The standard InChI is InChI=1S/C62H116O6/c1-4-7-10-13-16-19-22-24-26-27-28-29-30-31-32-33-34-35-36-38-40-43-46-49-52-55-61(64)67-58-59(57-66-60(63)54-51-48-45-42-39-21-18-15-12-9-6-3)68-62(65)56-53-50-47-44-41-37-25-23-20-17-14-11-8-5-2/h22,24,27-28,59H,4-21,23,25-26,29-58H2,1-3H3/b24-22-,28-27-. The van der Waals surface area contributed by atoms with Crippen molar-refractivity contribution in [3.05, 3.63) is 24.3 Å². The van der Waals surface area contributed by atoms with Crippen LogP contribution in [0.1, 0.15) is 335 Å². The topological polar surface area (TPSA) is 78.9 Å². The first-order chi connectivity index (χ1) is 33.5. The van der Waals surface area contributed by atoms with Crippen LogP contribution in [0, 0.1) is 0 Å². The molecule has 0 saturated heterocycles. The van der Waals surface area contributed by atoms with E-state index in [4.69, 9.17) is 14.2 Å². The van der Waals surface area contributed by atoms with E-state index in [9.17, 15) is 14.4 Å². The molecule has 0 aliphatic carbocycles. The van der Waals surface area contributed by atoms with Gasteiger partial charge in [-0.25, -0.2) is 0 Å². The van der Waals surface area contributed by atoms with Crippen LogP contribution in [-0.2, 0) is 28.6 Å². The summed E-state index contributed by atoms with van der Waals surface area (Å²) in [4.78, 5) is 38.1. The minimum Gasteiger partial charge on any atom is -0.462 e. The average molecular weight is 958 g/mol. The summed E-state index contributed by atoms with van der Waals surface area (Å²) in [5, 5.41) is 0. The number of hydrogen-bond donors (Lipinski definition) is 0. The van der Waals surface area contributed by atoms with Gasteiger partial charge < -0.3 is 14.2 Å². The number of esters is 3. The van der Waals surface area contributed by atoms with Crippen LogP contribution in [0.5, 0.6) is 0 Å². The smallest absolute Gasteiger partial charge is 0.306 e. The number of hydrogen-bond acceptors (Lipinski definition) is 6. The fourth-order valence-electron chi connectivity index (χ4n) is 9.12. The molecule has 0 aliphatic heterocycles. The Morgan fingerprint density at radius 2 is 0.529 bits per heavy atom. The number of carbonyl (C=O) groups excluding carboxylic acids is 3. The second-order valence-electron chi connectivity index (χ2n) is 20.6. The van der Waals surface area contributed by atoms with E-state index in [0.717, 1.165) is 64.2 Å². The van der Waals surface area contributed by atoms with Crippen molar-refractivity contribution in [1.29, 1.82) is 0 Å². The van der Waals surface area contributed by atoms with Crippen molar-refractivity contribution in [1.82, 2.24) is 0 Å². The van der Waals surface area contributed by atoms with Crippen molar-refractivity contribution in [2.24, 2.45) is 0 Å². The molecule has 0 rings (SSSR count). The molecular weight excluding hydrogens is 841 g/mol. The predicted molar refractivity (Wildman–Crippen MR) is 293 cm³/mol. The Balaban J connectivity index is 4.18. The van der Waals surface area contributed by atoms with Crippen LogP contribution >= 0.6 is 0 Å². The Labute approximate surface area is 423 Å². The number of rotatable bonds is 56. The molecule has 1 unspecified atom stereocenters. The molecule has 1 atom stereocenters. The van der Waals surface area contributed by atoms with Crippen LogP contribution in [0.4, 0.5) is 0 Å². The van der Waals surface area contributed by atoms with Crippen LogP contribution in [0.25, 0.3) is 0 Å². The summed E-state index contributed by atoms with van der Waals surface area (Å²) in [7, 11) is 0. The average Bonchev–Trinajstić information content (AvgIpc) is 3.34. The van der Waals surface area contributed by atoms with Gasteiger partial charge in [-0.1, -0.05) is 289 Å². The van der Waals surface area contributed by atoms with Gasteiger partial charge in [-0.15, -0.1) is 0 Å². The normalized spacial score (nSPS) is 12.1. The molecule has 0 aliphatic rings. The van der Waals surface area contributed by atoms with Gasteiger partial charge in [0.25, 0.3) is 0 Å². The lowest BCUT2D eigenvalue weighted by atomic mass is 10.0. The van der Waals surface area contributed by atoms with Gasteiger partial charge in [-0.3, -0.25) is 14.4 Å². The van der Waals surface area contributed by atoms with E-state index in [1.165, 1.54) is 231 Å². The lowest BCUT2D eigenvalue weighted by molar-refractivity contribution is -0.167. The van der Waals surface area contributed by atoms with Gasteiger partial charge in [0.15, 0.2) is 6.10 Å². The predicted octanol–water partition coefficient (Wildman–Crippen LogP) is 20.3. The highest BCUT2D eigenvalue weighted by molar-refractivity contribution is 5.71. The molecule has 0 bridgehead atoms. The molecule has 0 N–H and O–H groups in total. The fraction of sp³-hybridized carbons (Fsp3) is 0.887. The van der Waals surface area contributed by atoms with Gasteiger partial charge >= 0.3 is 17.9 Å². The lowest BCUT2D eigenvalue weighted by Gasteiger charge is -2.18. The molecule has 68 heavy (non-hydrogen) atoms. The maximum absolute atomic E-state index is 12.8. The van der Waals surface area contributed by atoms with Gasteiger partial charge in [0.05, 0.1) is 0 Å². The molecule has 0 aromatic heterocycles. The SMILES string of the molecule is CCCCCCC/C=C\C/C=C\CCCCCCCCCCCCCCCC(=O)OCC(COC(=O)CCCCCCCCCCCCC)OC(=O)CCCCCCCCCCCCCCCC. The monoisotopic (exact) mass is 957 g/mol. The molecular formula is C62H116O6. The molecule has 0 aromatic rings. The second kappa shape index (κ2) is 57.5. The van der Waals surface area contributed by atoms with Crippen molar-refractivity contribution in [3.8, 4) is 0 Å². The zero-order valence-corrected chi connectivity index (χ0v) is 45.9. The molecule has 0 heterocycles. The highest BCUT2D eigenvalue weighted by atomic mass is 16.6. The van der Waals surface area contributed by atoms with Crippen LogP contribution in [-0.4, -0.2) is 37.2 Å². The summed E-state index contributed by atoms with van der Waals surface area (Å²) < 4.78 is 16.9. The van der Waals surface area contributed by atoms with Crippen molar-refractivity contribution < 1.29 is 28.6 Å². The highest BCUT2D eigenvalue weighted by Crippen LogP contribution is 2.17. The van der Waals surface area contributed by atoms with Gasteiger partial charge in [-0.05, 0) is 51.4 Å². The Hall–Kier alpha value is -2.11. The highest BCUT2D eigenvalue weighted by Gasteiger charge is 2.19. The largest absolute Gasteiger partial charge is 0.462 e. The zero-order chi connectivity index (χ0) is 49.3. The van der Waals surface area contributed by atoms with Crippen molar-refractivity contribution in [2.45, 2.75) is 341 Å². The first kappa shape index (κ1) is 65.9. The van der Waals surface area contributed by atoms with Crippen molar-refractivity contribution in [2.75, 3.05) is 13.2 Å². The van der Waals surface area contributed by atoms with Gasteiger partial charge in [0, 0.05) is 19.3 Å². The Kier molecular flexibility index (Phi) is 55.7. The fourth-order valence-corrected chi connectivity index (χ4v) is 9.12. The third-order valence-corrected chi connectivity index (χ3v) is 13.7. The molecule has 0 spiro atoms. The molecule has 6 heteroatoms. The number of ether oxygens (including phenoxy) is 3. The summed E-state index contributed by atoms with van der Waals surface area (Å²) in [6.45, 7) is 6.67. The van der Waals surface area contributed by atoms with E-state index in [1.807, 2.05) is 0 Å². The van der Waals surface area contributed by atoms with E-state index in [-0.39, 0.29) is 31.1 Å². The number of unbranched alkanes of at least 4 members (excludes halogenated alkanes) is 41. The van der Waals surface area contributed by atoms with Crippen LogP contribution in [0.3, 0.4) is 0 Å². The van der Waals surface area contributed by atoms with E-state index in [2.05, 4.69) is 45.1 Å². The maximum Gasteiger partial charge on any atom is 0.306 e. The summed E-state index contributed by atoms with van der Waals surface area (Å²) in [6, 6.07) is 0. The van der Waals surface area contributed by atoms with Crippen molar-refractivity contribution in [3.63, 3.8) is 0 Å². The maximum atomic E-state index is 12.8. The Morgan fingerprint density at radius 1 is 0.294 bits per heavy atom. The summed E-state index contributed by atoms with van der Waals surface area (Å²) in [6.07, 6.45) is 67.5. The Bertz CT molecular complexity index is 1100. The van der Waals surface area contributed by atoms with E-state index >= 15 is 0 Å². The molecule has 0 radical (unpaired) electrons. The minimum atomic E-state index is -0.765. The van der Waals surface area contributed by atoms with Gasteiger partial charge in [0.1, 0.15) is 13.2 Å². The first-order valence-electron chi connectivity index (χ1n) is 30.3. The van der Waals surface area contributed by atoms with E-state index in [0.29, 0.717) is 19.3 Å². The molecule has 0 fully saturated rings.